The highest BCUT2D eigenvalue weighted by Crippen LogP contribution is 2.22. The first-order valence-electron chi connectivity index (χ1n) is 11.3. The van der Waals surface area contributed by atoms with Crippen molar-refractivity contribution in [2.45, 2.75) is 52.6 Å². The van der Waals surface area contributed by atoms with Gasteiger partial charge in [0.1, 0.15) is 6.04 Å². The molecule has 0 aromatic heterocycles. The summed E-state index contributed by atoms with van der Waals surface area (Å²) in [6.45, 7) is 9.01. The Morgan fingerprint density at radius 2 is 1.58 bits per heavy atom. The van der Waals surface area contributed by atoms with Gasteiger partial charge in [-0.2, -0.15) is 0 Å². The van der Waals surface area contributed by atoms with Crippen molar-refractivity contribution < 1.29 is 9.59 Å². The van der Waals surface area contributed by atoms with Crippen LogP contribution in [0.4, 0.5) is 0 Å². The van der Waals surface area contributed by atoms with Crippen LogP contribution in [0.1, 0.15) is 46.1 Å². The number of hydrogen-bond acceptors (Lipinski definition) is 2. The molecule has 164 valence electrons. The molecule has 2 aromatic carbocycles. The van der Waals surface area contributed by atoms with E-state index in [-0.39, 0.29) is 17.9 Å². The molecule has 0 spiro atoms. The maximum Gasteiger partial charge on any atom is 0.247 e. The van der Waals surface area contributed by atoms with Crippen molar-refractivity contribution >= 4 is 17.9 Å². The van der Waals surface area contributed by atoms with E-state index < -0.39 is 6.04 Å². The number of piperazine rings is 1. The van der Waals surface area contributed by atoms with Crippen molar-refractivity contribution in [1.82, 2.24) is 10.2 Å². The molecular weight excluding hydrogens is 384 g/mol. The van der Waals surface area contributed by atoms with Crippen LogP contribution in [0.5, 0.6) is 0 Å². The molecule has 0 bridgehead atoms. The first-order valence-corrected chi connectivity index (χ1v) is 11.3. The summed E-state index contributed by atoms with van der Waals surface area (Å²) in [5.74, 6) is 0.672. The fourth-order valence-corrected chi connectivity index (χ4v) is 4.16. The van der Waals surface area contributed by atoms with E-state index in [0.29, 0.717) is 24.8 Å². The Morgan fingerprint density at radius 3 is 2.19 bits per heavy atom. The van der Waals surface area contributed by atoms with Gasteiger partial charge >= 0.3 is 0 Å². The Kier molecular flexibility index (Phi) is 7.67. The maximum absolute atomic E-state index is 13.1. The lowest BCUT2D eigenvalue weighted by molar-refractivity contribution is -0.142. The molecule has 1 fully saturated rings. The van der Waals surface area contributed by atoms with Gasteiger partial charge in [0.25, 0.3) is 0 Å². The van der Waals surface area contributed by atoms with Gasteiger partial charge < -0.3 is 10.2 Å². The second-order valence-corrected chi connectivity index (χ2v) is 9.29. The fraction of sp³-hybridized carbons (Fsp3) is 0.407. The van der Waals surface area contributed by atoms with E-state index in [9.17, 15) is 9.59 Å². The Labute approximate surface area is 186 Å². The molecule has 4 heteroatoms. The summed E-state index contributed by atoms with van der Waals surface area (Å²) < 4.78 is 0. The third-order valence-electron chi connectivity index (χ3n) is 5.61. The highest BCUT2D eigenvalue weighted by atomic mass is 16.2. The SMILES string of the molecule is CC(C)C[C@H]1CN(C(=O)/C=C/c2ccc(-c3ccccc3)cc2)[C@@H](CC(C)C)C(=O)N1. The first kappa shape index (κ1) is 22.8. The molecule has 0 saturated carbocycles. The van der Waals surface area contributed by atoms with E-state index >= 15 is 0 Å². The largest absolute Gasteiger partial charge is 0.350 e. The van der Waals surface area contributed by atoms with E-state index in [2.05, 4.69) is 57.3 Å². The molecule has 1 aliphatic heterocycles. The van der Waals surface area contributed by atoms with Crippen molar-refractivity contribution in [2.24, 2.45) is 11.8 Å². The smallest absolute Gasteiger partial charge is 0.247 e. The highest BCUT2D eigenvalue weighted by molar-refractivity contribution is 5.96. The van der Waals surface area contributed by atoms with Crippen molar-refractivity contribution in [3.63, 3.8) is 0 Å². The average Bonchev–Trinajstić information content (AvgIpc) is 2.74. The zero-order valence-corrected chi connectivity index (χ0v) is 19.0. The third-order valence-corrected chi connectivity index (χ3v) is 5.61. The van der Waals surface area contributed by atoms with Gasteiger partial charge in [-0.25, -0.2) is 0 Å². The van der Waals surface area contributed by atoms with Crippen molar-refractivity contribution in [3.8, 4) is 11.1 Å². The van der Waals surface area contributed by atoms with Gasteiger partial charge in [0.15, 0.2) is 0 Å². The number of nitrogens with one attached hydrogen (secondary N) is 1. The molecule has 0 radical (unpaired) electrons. The molecule has 3 rings (SSSR count). The van der Waals surface area contributed by atoms with Gasteiger partial charge in [0, 0.05) is 18.7 Å². The van der Waals surface area contributed by atoms with Gasteiger partial charge in [-0.1, -0.05) is 82.3 Å². The summed E-state index contributed by atoms with van der Waals surface area (Å²) >= 11 is 0. The molecule has 2 amide bonds. The predicted octanol–water partition coefficient (Wildman–Crippen LogP) is 5.15. The van der Waals surface area contributed by atoms with Crippen LogP contribution in [0.2, 0.25) is 0 Å². The minimum Gasteiger partial charge on any atom is -0.350 e. The second kappa shape index (κ2) is 10.4. The van der Waals surface area contributed by atoms with E-state index in [4.69, 9.17) is 0 Å². The van der Waals surface area contributed by atoms with E-state index in [0.717, 1.165) is 17.5 Å². The molecule has 2 atom stereocenters. The summed E-state index contributed by atoms with van der Waals surface area (Å²) in [5.41, 5.74) is 3.28. The molecule has 0 unspecified atom stereocenters. The van der Waals surface area contributed by atoms with Crippen molar-refractivity contribution in [2.75, 3.05) is 6.54 Å². The normalized spacial score (nSPS) is 19.3. The number of hydrogen-bond donors (Lipinski definition) is 1. The van der Waals surface area contributed by atoms with E-state index in [1.165, 1.54) is 5.56 Å². The van der Waals surface area contributed by atoms with Crippen LogP contribution in [-0.4, -0.2) is 35.3 Å². The highest BCUT2D eigenvalue weighted by Gasteiger charge is 2.36. The Balaban J connectivity index is 1.73. The van der Waals surface area contributed by atoms with Gasteiger partial charge in [-0.15, -0.1) is 0 Å². The quantitative estimate of drug-likeness (QED) is 0.632. The second-order valence-electron chi connectivity index (χ2n) is 9.29. The number of nitrogens with zero attached hydrogens (tertiary/aromatic N) is 1. The molecule has 1 aliphatic rings. The number of carbonyl (C=O) groups excluding carboxylic acids is 2. The summed E-state index contributed by atoms with van der Waals surface area (Å²) in [7, 11) is 0. The summed E-state index contributed by atoms with van der Waals surface area (Å²) in [5, 5.41) is 3.13. The predicted molar refractivity (Wildman–Crippen MR) is 127 cm³/mol. The van der Waals surface area contributed by atoms with Gasteiger partial charge in [-0.3, -0.25) is 9.59 Å². The number of amides is 2. The van der Waals surface area contributed by atoms with Gasteiger partial charge in [0.2, 0.25) is 11.8 Å². The lowest BCUT2D eigenvalue weighted by atomic mass is 9.95. The monoisotopic (exact) mass is 418 g/mol. The maximum atomic E-state index is 13.1. The Morgan fingerprint density at radius 1 is 0.968 bits per heavy atom. The van der Waals surface area contributed by atoms with Crippen LogP contribution in [0, 0.1) is 11.8 Å². The molecule has 31 heavy (non-hydrogen) atoms. The van der Waals surface area contributed by atoms with Crippen LogP contribution in [-0.2, 0) is 9.59 Å². The first-order chi connectivity index (χ1) is 14.8. The van der Waals surface area contributed by atoms with Crippen molar-refractivity contribution in [3.05, 3.63) is 66.2 Å². The van der Waals surface area contributed by atoms with Crippen LogP contribution in [0.15, 0.2) is 60.7 Å². The molecular formula is C27H34N2O2. The summed E-state index contributed by atoms with van der Waals surface area (Å²) in [6, 6.07) is 18.0. The molecule has 0 aliphatic carbocycles. The van der Waals surface area contributed by atoms with Crippen LogP contribution in [0.25, 0.3) is 17.2 Å². The van der Waals surface area contributed by atoms with Crippen LogP contribution < -0.4 is 5.32 Å². The topological polar surface area (TPSA) is 49.4 Å². The molecule has 1 heterocycles. The van der Waals surface area contributed by atoms with Gasteiger partial charge in [0.05, 0.1) is 0 Å². The standard InChI is InChI=1S/C27H34N2O2/c1-19(2)16-24-18-29(25(17-20(3)4)27(31)28-24)26(30)15-12-21-10-13-23(14-11-21)22-8-6-5-7-9-22/h5-15,19-20,24-25H,16-18H2,1-4H3,(H,28,31)/b15-12+/t24-,25-/m0/s1. The molecule has 2 aromatic rings. The summed E-state index contributed by atoms with van der Waals surface area (Å²) in [6.07, 6.45) is 4.99. The third kappa shape index (κ3) is 6.30. The zero-order valence-electron chi connectivity index (χ0n) is 19.0. The molecule has 1 N–H and O–H groups in total. The lowest BCUT2D eigenvalue weighted by Crippen LogP contribution is -2.61. The molecule has 4 nitrogen and oxygen atoms in total. The zero-order chi connectivity index (χ0) is 22.4. The van der Waals surface area contributed by atoms with Crippen LogP contribution in [0.3, 0.4) is 0 Å². The average molecular weight is 419 g/mol. The number of carbonyl (C=O) groups is 2. The van der Waals surface area contributed by atoms with Crippen LogP contribution >= 0.6 is 0 Å². The number of rotatable bonds is 7. The Hall–Kier alpha value is -2.88. The summed E-state index contributed by atoms with van der Waals surface area (Å²) in [4.78, 5) is 27.6. The van der Waals surface area contributed by atoms with Crippen molar-refractivity contribution in [1.29, 1.82) is 0 Å². The van der Waals surface area contributed by atoms with E-state index in [1.807, 2.05) is 36.4 Å². The number of benzene rings is 2. The minimum atomic E-state index is -0.402. The Bertz CT molecular complexity index is 901. The lowest BCUT2D eigenvalue weighted by Gasteiger charge is -2.40. The van der Waals surface area contributed by atoms with E-state index in [1.54, 1.807) is 11.0 Å². The molecule has 1 saturated heterocycles. The minimum absolute atomic E-state index is 0.0124. The van der Waals surface area contributed by atoms with Gasteiger partial charge in [-0.05, 0) is 47.4 Å². The fourth-order valence-electron chi connectivity index (χ4n) is 4.16.